The van der Waals surface area contributed by atoms with Crippen LogP contribution in [0.5, 0.6) is 0 Å². The van der Waals surface area contributed by atoms with Gasteiger partial charge < -0.3 is 10.2 Å². The first-order chi connectivity index (χ1) is 9.65. The molecule has 0 aromatic heterocycles. The van der Waals surface area contributed by atoms with Gasteiger partial charge in [0.25, 0.3) is 5.91 Å². The van der Waals surface area contributed by atoms with Gasteiger partial charge in [0.2, 0.25) is 5.91 Å². The van der Waals surface area contributed by atoms with Crippen LogP contribution >= 0.6 is 0 Å². The van der Waals surface area contributed by atoms with Crippen LogP contribution in [0.3, 0.4) is 0 Å². The number of hydrogen-bond donors (Lipinski definition) is 1. The molecule has 2 heterocycles. The Morgan fingerprint density at radius 2 is 1.95 bits per heavy atom. The van der Waals surface area contributed by atoms with Gasteiger partial charge in [-0.3, -0.25) is 9.59 Å². The Bertz CT molecular complexity index is 562. The molecule has 0 radical (unpaired) electrons. The van der Waals surface area contributed by atoms with Gasteiger partial charge in [-0.05, 0) is 43.5 Å². The van der Waals surface area contributed by atoms with Crippen molar-refractivity contribution < 1.29 is 9.59 Å². The number of carbonyl (C=O) groups excluding carboxylic acids is 2. The average Bonchev–Trinajstić information content (AvgIpc) is 2.67. The Morgan fingerprint density at radius 3 is 2.60 bits per heavy atom. The Balaban J connectivity index is 1.77. The fourth-order valence-corrected chi connectivity index (χ4v) is 3.09. The van der Waals surface area contributed by atoms with Crippen LogP contribution < -0.4 is 5.32 Å². The van der Waals surface area contributed by atoms with E-state index in [4.69, 9.17) is 0 Å². The van der Waals surface area contributed by atoms with Crippen LogP contribution in [0.15, 0.2) is 36.4 Å². The summed E-state index contributed by atoms with van der Waals surface area (Å²) in [5.41, 5.74) is 1.40. The van der Waals surface area contributed by atoms with Crippen LogP contribution in [-0.4, -0.2) is 28.8 Å². The lowest BCUT2D eigenvalue weighted by Crippen LogP contribution is -2.42. The molecule has 2 unspecified atom stereocenters. The van der Waals surface area contributed by atoms with E-state index in [0.29, 0.717) is 11.6 Å². The summed E-state index contributed by atoms with van der Waals surface area (Å²) in [4.78, 5) is 25.6. The molecule has 0 saturated carbocycles. The fraction of sp³-hybridized carbons (Fsp3) is 0.375. The second kappa shape index (κ2) is 5.12. The summed E-state index contributed by atoms with van der Waals surface area (Å²) in [6.07, 6.45) is 7.45. The highest BCUT2D eigenvalue weighted by Crippen LogP contribution is 2.32. The maximum atomic E-state index is 12.6. The number of hydrogen-bond acceptors (Lipinski definition) is 2. The molecule has 2 aliphatic rings. The van der Waals surface area contributed by atoms with Gasteiger partial charge in [-0.1, -0.05) is 12.2 Å². The van der Waals surface area contributed by atoms with Gasteiger partial charge in [-0.2, -0.15) is 0 Å². The van der Waals surface area contributed by atoms with Crippen LogP contribution in [0.25, 0.3) is 0 Å². The van der Waals surface area contributed by atoms with E-state index in [2.05, 4.69) is 17.5 Å². The van der Waals surface area contributed by atoms with Crippen molar-refractivity contribution >= 4 is 17.5 Å². The van der Waals surface area contributed by atoms with Gasteiger partial charge in [0, 0.05) is 24.2 Å². The summed E-state index contributed by atoms with van der Waals surface area (Å²) in [6.45, 7) is 1.47. The van der Waals surface area contributed by atoms with E-state index in [9.17, 15) is 9.59 Å². The minimum Gasteiger partial charge on any atom is -0.329 e. The quantitative estimate of drug-likeness (QED) is 0.840. The third-order valence-electron chi connectivity index (χ3n) is 4.00. The smallest absolute Gasteiger partial charge is 0.254 e. The Morgan fingerprint density at radius 1 is 1.20 bits per heavy atom. The molecule has 2 amide bonds. The van der Waals surface area contributed by atoms with Crippen molar-refractivity contribution in [3.63, 3.8) is 0 Å². The molecule has 0 spiro atoms. The molecule has 2 aliphatic heterocycles. The number of benzene rings is 1. The van der Waals surface area contributed by atoms with E-state index < -0.39 is 0 Å². The number of nitrogens with one attached hydrogen (secondary N) is 1. The molecule has 0 aliphatic carbocycles. The second-order valence-electron chi connectivity index (χ2n) is 5.43. The molecule has 1 aromatic carbocycles. The number of anilines is 1. The maximum absolute atomic E-state index is 12.6. The van der Waals surface area contributed by atoms with E-state index in [1.165, 1.54) is 6.92 Å². The monoisotopic (exact) mass is 270 g/mol. The molecule has 20 heavy (non-hydrogen) atoms. The van der Waals surface area contributed by atoms with Crippen LogP contribution in [0.4, 0.5) is 5.69 Å². The fourth-order valence-electron chi connectivity index (χ4n) is 3.09. The van der Waals surface area contributed by atoms with Gasteiger partial charge in [-0.25, -0.2) is 0 Å². The van der Waals surface area contributed by atoms with Gasteiger partial charge in [0.05, 0.1) is 6.04 Å². The topological polar surface area (TPSA) is 49.4 Å². The standard InChI is InChI=1S/C16H18N2O2/c1-11(19)17-13-7-5-12(6-8-13)16(20)18-14-3-2-4-15(18)10-9-14/h2-3,5-8,14-15H,4,9-10H2,1H3,(H,17,19). The number of amides is 2. The SMILES string of the molecule is CC(=O)Nc1ccc(C(=O)N2C3C=CCC2CC3)cc1. The summed E-state index contributed by atoms with van der Waals surface area (Å²) >= 11 is 0. The Labute approximate surface area is 118 Å². The highest BCUT2D eigenvalue weighted by molar-refractivity contribution is 5.96. The third kappa shape index (κ3) is 2.33. The summed E-state index contributed by atoms with van der Waals surface area (Å²) in [5, 5.41) is 2.71. The first kappa shape index (κ1) is 12.9. The molecule has 2 atom stereocenters. The largest absolute Gasteiger partial charge is 0.329 e. The van der Waals surface area contributed by atoms with Gasteiger partial charge in [0.1, 0.15) is 0 Å². The van der Waals surface area contributed by atoms with Crippen molar-refractivity contribution in [3.8, 4) is 0 Å². The second-order valence-corrected chi connectivity index (χ2v) is 5.43. The summed E-state index contributed by atoms with van der Waals surface area (Å²) < 4.78 is 0. The zero-order valence-electron chi connectivity index (χ0n) is 11.5. The molecule has 1 fully saturated rings. The van der Waals surface area contributed by atoms with E-state index in [-0.39, 0.29) is 17.9 Å². The van der Waals surface area contributed by atoms with Crippen molar-refractivity contribution in [2.75, 3.05) is 5.32 Å². The molecule has 2 bridgehead atoms. The predicted molar refractivity (Wildman–Crippen MR) is 77.5 cm³/mol. The van der Waals surface area contributed by atoms with E-state index in [0.717, 1.165) is 24.9 Å². The number of rotatable bonds is 2. The molecule has 1 N–H and O–H groups in total. The summed E-state index contributed by atoms with van der Waals surface area (Å²) in [5.74, 6) is -0.0143. The Hall–Kier alpha value is -2.10. The van der Waals surface area contributed by atoms with E-state index in [1.54, 1.807) is 24.3 Å². The molecular formula is C16H18N2O2. The number of nitrogens with zero attached hydrogens (tertiary/aromatic N) is 1. The highest BCUT2D eigenvalue weighted by atomic mass is 16.2. The minimum absolute atomic E-state index is 0.0937. The molecule has 1 aromatic rings. The maximum Gasteiger partial charge on any atom is 0.254 e. The molecule has 4 nitrogen and oxygen atoms in total. The lowest BCUT2D eigenvalue weighted by atomic mass is 10.1. The van der Waals surface area contributed by atoms with Crippen molar-refractivity contribution in [3.05, 3.63) is 42.0 Å². The molecule has 1 saturated heterocycles. The van der Waals surface area contributed by atoms with Crippen molar-refractivity contribution in [2.45, 2.75) is 38.3 Å². The van der Waals surface area contributed by atoms with Gasteiger partial charge in [0.15, 0.2) is 0 Å². The molecule has 3 rings (SSSR count). The average molecular weight is 270 g/mol. The van der Waals surface area contributed by atoms with Crippen LogP contribution in [-0.2, 0) is 4.79 Å². The van der Waals surface area contributed by atoms with Gasteiger partial charge >= 0.3 is 0 Å². The van der Waals surface area contributed by atoms with E-state index >= 15 is 0 Å². The third-order valence-corrected chi connectivity index (χ3v) is 4.00. The van der Waals surface area contributed by atoms with E-state index in [1.807, 2.05) is 4.90 Å². The molecule has 104 valence electrons. The van der Waals surface area contributed by atoms with Crippen LogP contribution in [0, 0.1) is 0 Å². The Kier molecular flexibility index (Phi) is 3.30. The van der Waals surface area contributed by atoms with Gasteiger partial charge in [-0.15, -0.1) is 0 Å². The molecule has 4 heteroatoms. The predicted octanol–water partition coefficient (Wildman–Crippen LogP) is 2.58. The summed E-state index contributed by atoms with van der Waals surface area (Å²) in [6, 6.07) is 7.73. The first-order valence-corrected chi connectivity index (χ1v) is 7.02. The number of carbonyl (C=O) groups is 2. The normalized spacial score (nSPS) is 23.8. The van der Waals surface area contributed by atoms with Crippen LogP contribution in [0.1, 0.15) is 36.5 Å². The summed E-state index contributed by atoms with van der Waals surface area (Å²) in [7, 11) is 0. The zero-order chi connectivity index (χ0) is 14.1. The minimum atomic E-state index is -0.108. The number of fused-ring (bicyclic) bond motifs is 2. The van der Waals surface area contributed by atoms with Crippen LogP contribution in [0.2, 0.25) is 0 Å². The first-order valence-electron chi connectivity index (χ1n) is 7.02. The zero-order valence-corrected chi connectivity index (χ0v) is 11.5. The lowest BCUT2D eigenvalue weighted by molar-refractivity contribution is -0.114. The van der Waals surface area contributed by atoms with Crippen molar-refractivity contribution in [1.82, 2.24) is 4.90 Å². The highest BCUT2D eigenvalue weighted by Gasteiger charge is 2.37. The lowest BCUT2D eigenvalue weighted by Gasteiger charge is -2.31. The molecular weight excluding hydrogens is 252 g/mol. The van der Waals surface area contributed by atoms with Crippen molar-refractivity contribution in [1.29, 1.82) is 0 Å². The van der Waals surface area contributed by atoms with Crippen molar-refractivity contribution in [2.24, 2.45) is 0 Å².